The largest absolute Gasteiger partial charge is 0.465 e. The van der Waals surface area contributed by atoms with Crippen molar-refractivity contribution in [3.8, 4) is 0 Å². The number of hydrogen-bond acceptors (Lipinski definition) is 4. The van der Waals surface area contributed by atoms with Crippen molar-refractivity contribution in [2.24, 2.45) is 7.05 Å². The number of nitrogens with zero attached hydrogens (tertiary/aromatic N) is 3. The topological polar surface area (TPSA) is 57.0 Å². The molecule has 0 spiro atoms. The Balaban J connectivity index is 1.75. The van der Waals surface area contributed by atoms with Crippen molar-refractivity contribution in [2.45, 2.75) is 33.1 Å². The minimum Gasteiger partial charge on any atom is -0.465 e. The molecule has 0 fully saturated rings. The van der Waals surface area contributed by atoms with Gasteiger partial charge >= 0.3 is 5.97 Å². The second kappa shape index (κ2) is 7.02. The maximum atomic E-state index is 11.9. The second-order valence-corrected chi connectivity index (χ2v) is 5.13. The van der Waals surface area contributed by atoms with Gasteiger partial charge in [-0.15, -0.1) is 0 Å². The molecule has 0 saturated heterocycles. The first-order valence-corrected chi connectivity index (χ1v) is 7.11. The minimum absolute atomic E-state index is 0.191. The second-order valence-electron chi connectivity index (χ2n) is 5.13. The monoisotopic (exact) mass is 287 g/mol. The van der Waals surface area contributed by atoms with Crippen molar-refractivity contribution >= 4 is 5.97 Å². The quantitative estimate of drug-likeness (QED) is 0.603. The first-order valence-electron chi connectivity index (χ1n) is 7.11. The van der Waals surface area contributed by atoms with E-state index in [0.29, 0.717) is 13.0 Å². The molecular formula is C16H21N3O2. The van der Waals surface area contributed by atoms with Crippen LogP contribution in [0.5, 0.6) is 0 Å². The molecule has 0 aromatic carbocycles. The van der Waals surface area contributed by atoms with Gasteiger partial charge in [0.25, 0.3) is 0 Å². The van der Waals surface area contributed by atoms with Crippen LogP contribution in [0.2, 0.25) is 0 Å². The lowest BCUT2D eigenvalue weighted by Crippen LogP contribution is -2.11. The average Bonchev–Trinajstić information content (AvgIpc) is 2.71. The first-order chi connectivity index (χ1) is 10.1. The summed E-state index contributed by atoms with van der Waals surface area (Å²) in [5.41, 5.74) is 4.08. The van der Waals surface area contributed by atoms with E-state index < -0.39 is 0 Å². The van der Waals surface area contributed by atoms with E-state index in [4.69, 9.17) is 4.74 Å². The van der Waals surface area contributed by atoms with E-state index in [2.05, 4.69) is 10.1 Å². The number of ether oxygens (including phenoxy) is 1. The number of hydrogen-bond donors (Lipinski definition) is 0. The van der Waals surface area contributed by atoms with Crippen molar-refractivity contribution in [3.63, 3.8) is 0 Å². The van der Waals surface area contributed by atoms with Crippen LogP contribution in [0.1, 0.15) is 28.9 Å². The lowest BCUT2D eigenvalue weighted by molar-refractivity contribution is -0.142. The number of pyridine rings is 1. The van der Waals surface area contributed by atoms with Crippen molar-refractivity contribution in [2.75, 3.05) is 6.61 Å². The number of rotatable bonds is 6. The zero-order valence-corrected chi connectivity index (χ0v) is 12.8. The van der Waals surface area contributed by atoms with Gasteiger partial charge in [-0.2, -0.15) is 5.10 Å². The molecule has 0 aliphatic rings. The predicted octanol–water partition coefficient (Wildman–Crippen LogP) is 2.15. The summed E-state index contributed by atoms with van der Waals surface area (Å²) in [6.07, 6.45) is 5.55. The summed E-state index contributed by atoms with van der Waals surface area (Å²) in [7, 11) is 1.88. The van der Waals surface area contributed by atoms with Gasteiger partial charge in [-0.1, -0.05) is 0 Å². The predicted molar refractivity (Wildman–Crippen MR) is 79.9 cm³/mol. The SMILES string of the molecule is Cc1nn(C)c(C)c1CC(=O)OCCCc1ccncc1. The van der Waals surface area contributed by atoms with E-state index in [1.54, 1.807) is 17.1 Å². The van der Waals surface area contributed by atoms with Gasteiger partial charge in [-0.25, -0.2) is 0 Å². The molecule has 0 aliphatic carbocycles. The van der Waals surface area contributed by atoms with Crippen LogP contribution in [0.3, 0.4) is 0 Å². The molecule has 5 heteroatoms. The molecule has 0 unspecified atom stereocenters. The summed E-state index contributed by atoms with van der Waals surface area (Å²) in [6.45, 7) is 4.32. The Morgan fingerprint density at radius 1 is 1.29 bits per heavy atom. The first kappa shape index (κ1) is 15.2. The summed E-state index contributed by atoms with van der Waals surface area (Å²) < 4.78 is 7.09. The van der Waals surface area contributed by atoms with Crippen molar-refractivity contribution in [1.82, 2.24) is 14.8 Å². The standard InChI is InChI=1S/C16H21N3O2/c1-12-15(13(2)19(3)18-12)11-16(20)21-10-4-5-14-6-8-17-9-7-14/h6-9H,4-5,10-11H2,1-3H3. The zero-order chi connectivity index (χ0) is 15.2. The summed E-state index contributed by atoms with van der Waals surface area (Å²) in [4.78, 5) is 15.8. The normalized spacial score (nSPS) is 10.6. The minimum atomic E-state index is -0.191. The fourth-order valence-corrected chi connectivity index (χ4v) is 2.28. The van der Waals surface area contributed by atoms with Crippen LogP contribution in [0.25, 0.3) is 0 Å². The summed E-state index contributed by atoms with van der Waals surface area (Å²) in [6, 6.07) is 3.95. The molecule has 2 aromatic heterocycles. The summed E-state index contributed by atoms with van der Waals surface area (Å²) >= 11 is 0. The van der Waals surface area contributed by atoms with E-state index in [0.717, 1.165) is 29.8 Å². The van der Waals surface area contributed by atoms with Crippen LogP contribution in [0, 0.1) is 13.8 Å². The number of esters is 1. The average molecular weight is 287 g/mol. The van der Waals surface area contributed by atoms with Gasteiger partial charge in [-0.05, 0) is 44.4 Å². The highest BCUT2D eigenvalue weighted by molar-refractivity contribution is 5.73. The van der Waals surface area contributed by atoms with Gasteiger partial charge in [0.15, 0.2) is 0 Å². The van der Waals surface area contributed by atoms with E-state index >= 15 is 0 Å². The molecule has 0 radical (unpaired) electrons. The lowest BCUT2D eigenvalue weighted by Gasteiger charge is -2.05. The van der Waals surface area contributed by atoms with Crippen LogP contribution in [0.15, 0.2) is 24.5 Å². The molecule has 0 atom stereocenters. The van der Waals surface area contributed by atoms with E-state index in [1.165, 1.54) is 5.56 Å². The highest BCUT2D eigenvalue weighted by Gasteiger charge is 2.14. The highest BCUT2D eigenvalue weighted by atomic mass is 16.5. The van der Waals surface area contributed by atoms with Gasteiger partial charge in [0.1, 0.15) is 0 Å². The third-order valence-electron chi connectivity index (χ3n) is 3.60. The van der Waals surface area contributed by atoms with Crippen LogP contribution >= 0.6 is 0 Å². The molecule has 0 N–H and O–H groups in total. The van der Waals surface area contributed by atoms with Crippen molar-refractivity contribution < 1.29 is 9.53 Å². The summed E-state index contributed by atoms with van der Waals surface area (Å²) in [5, 5.41) is 4.30. The van der Waals surface area contributed by atoms with Crippen LogP contribution < -0.4 is 0 Å². The maximum absolute atomic E-state index is 11.9. The molecular weight excluding hydrogens is 266 g/mol. The van der Waals surface area contributed by atoms with E-state index in [-0.39, 0.29) is 5.97 Å². The van der Waals surface area contributed by atoms with E-state index in [9.17, 15) is 4.79 Å². The number of aryl methyl sites for hydroxylation is 3. The Morgan fingerprint density at radius 2 is 2.00 bits per heavy atom. The van der Waals surface area contributed by atoms with Gasteiger partial charge in [-0.3, -0.25) is 14.5 Å². The number of carbonyl (C=O) groups excluding carboxylic acids is 1. The van der Waals surface area contributed by atoms with Crippen molar-refractivity contribution in [3.05, 3.63) is 47.0 Å². The van der Waals surface area contributed by atoms with Crippen molar-refractivity contribution in [1.29, 1.82) is 0 Å². The van der Waals surface area contributed by atoms with Gasteiger partial charge in [0.2, 0.25) is 0 Å². The number of carbonyl (C=O) groups is 1. The molecule has 0 amide bonds. The fourth-order valence-electron chi connectivity index (χ4n) is 2.28. The molecule has 0 aliphatic heterocycles. The maximum Gasteiger partial charge on any atom is 0.310 e. The highest BCUT2D eigenvalue weighted by Crippen LogP contribution is 2.13. The van der Waals surface area contributed by atoms with Crippen LogP contribution in [0.4, 0.5) is 0 Å². The Morgan fingerprint density at radius 3 is 2.62 bits per heavy atom. The van der Waals surface area contributed by atoms with Gasteiger partial charge in [0, 0.05) is 30.7 Å². The fraction of sp³-hybridized carbons (Fsp3) is 0.438. The molecule has 0 saturated carbocycles. The Kier molecular flexibility index (Phi) is 5.09. The molecule has 112 valence electrons. The van der Waals surface area contributed by atoms with E-state index in [1.807, 2.05) is 33.0 Å². The molecule has 5 nitrogen and oxygen atoms in total. The molecule has 2 heterocycles. The zero-order valence-electron chi connectivity index (χ0n) is 12.8. The smallest absolute Gasteiger partial charge is 0.310 e. The molecule has 0 bridgehead atoms. The third kappa shape index (κ3) is 4.15. The lowest BCUT2D eigenvalue weighted by atomic mass is 10.1. The number of aromatic nitrogens is 3. The Labute approximate surface area is 125 Å². The molecule has 2 aromatic rings. The Hall–Kier alpha value is -2.17. The van der Waals surface area contributed by atoms with Crippen LogP contribution in [-0.4, -0.2) is 27.3 Å². The van der Waals surface area contributed by atoms with Crippen LogP contribution in [-0.2, 0) is 29.4 Å². The molecule has 2 rings (SSSR count). The van der Waals surface area contributed by atoms with Gasteiger partial charge < -0.3 is 4.74 Å². The Bertz CT molecular complexity index is 605. The third-order valence-corrected chi connectivity index (χ3v) is 3.60. The molecule has 21 heavy (non-hydrogen) atoms. The van der Waals surface area contributed by atoms with Gasteiger partial charge in [0.05, 0.1) is 18.7 Å². The summed E-state index contributed by atoms with van der Waals surface area (Å²) in [5.74, 6) is -0.191.